The van der Waals surface area contributed by atoms with Gasteiger partial charge in [0.05, 0.1) is 0 Å². The third kappa shape index (κ3) is 4.94. The average Bonchev–Trinajstić information content (AvgIpc) is 3.12. The van der Waals surface area contributed by atoms with Gasteiger partial charge in [0.25, 0.3) is 0 Å². The summed E-state index contributed by atoms with van der Waals surface area (Å²) in [5, 5.41) is 3.69. The van der Waals surface area contributed by atoms with Gasteiger partial charge in [-0.25, -0.2) is 0 Å². The lowest BCUT2D eigenvalue weighted by molar-refractivity contribution is 0.0769. The van der Waals surface area contributed by atoms with E-state index >= 15 is 0 Å². The lowest BCUT2D eigenvalue weighted by Crippen LogP contribution is -2.41. The Labute approximate surface area is 106 Å². The summed E-state index contributed by atoms with van der Waals surface area (Å²) in [7, 11) is 0. The molecule has 1 N–H and O–H groups in total. The maximum Gasteiger partial charge on any atom is 0.0480 e. The summed E-state index contributed by atoms with van der Waals surface area (Å²) in [6, 6.07) is 1.60. The van der Waals surface area contributed by atoms with Crippen LogP contribution in [0.3, 0.4) is 0 Å². The number of ether oxygens (including phenoxy) is 1. The highest BCUT2D eigenvalue weighted by Crippen LogP contribution is 2.27. The Balaban J connectivity index is 1.61. The van der Waals surface area contributed by atoms with Gasteiger partial charge in [0.1, 0.15) is 0 Å². The fourth-order valence-electron chi connectivity index (χ4n) is 2.65. The first-order valence-electron chi connectivity index (χ1n) is 7.31. The molecule has 0 atom stereocenters. The zero-order valence-corrected chi connectivity index (χ0v) is 11.5. The Hall–Kier alpha value is -0.120. The zero-order valence-electron chi connectivity index (χ0n) is 11.5. The first-order chi connectivity index (χ1) is 8.25. The van der Waals surface area contributed by atoms with Crippen molar-refractivity contribution in [1.82, 2.24) is 10.2 Å². The minimum absolute atomic E-state index is 0.698. The number of hydrogen-bond donors (Lipinski definition) is 1. The molecule has 3 nitrogen and oxygen atoms in total. The van der Waals surface area contributed by atoms with Crippen LogP contribution in [0.4, 0.5) is 0 Å². The number of nitrogens with zero attached hydrogens (tertiary/aromatic N) is 1. The summed E-state index contributed by atoms with van der Waals surface area (Å²) >= 11 is 0. The normalized spacial score (nSPS) is 22.6. The smallest absolute Gasteiger partial charge is 0.0480 e. The molecule has 0 aromatic heterocycles. The maximum absolute atomic E-state index is 5.38. The molecule has 0 bridgehead atoms. The molecule has 1 saturated heterocycles. The topological polar surface area (TPSA) is 24.5 Å². The number of nitrogens with one attached hydrogen (secondary N) is 1. The van der Waals surface area contributed by atoms with Crippen LogP contribution >= 0.6 is 0 Å². The van der Waals surface area contributed by atoms with Crippen LogP contribution in [0.15, 0.2) is 0 Å². The van der Waals surface area contributed by atoms with Crippen molar-refractivity contribution in [3.63, 3.8) is 0 Å². The molecule has 0 spiro atoms. The largest absolute Gasteiger partial charge is 0.381 e. The predicted molar refractivity (Wildman–Crippen MR) is 71.3 cm³/mol. The van der Waals surface area contributed by atoms with Gasteiger partial charge in [-0.15, -0.1) is 0 Å². The molecule has 2 rings (SSSR count). The van der Waals surface area contributed by atoms with Gasteiger partial charge in [0.2, 0.25) is 0 Å². The highest BCUT2D eigenvalue weighted by atomic mass is 16.5. The summed E-state index contributed by atoms with van der Waals surface area (Å²) in [6.45, 7) is 10.2. The van der Waals surface area contributed by atoms with Crippen molar-refractivity contribution in [3.8, 4) is 0 Å². The Kier molecular flexibility index (Phi) is 5.26. The molecule has 0 aromatic rings. The first kappa shape index (κ1) is 13.3. The predicted octanol–water partition coefficient (Wildman–Crippen LogP) is 1.88. The molecular weight excluding hydrogens is 212 g/mol. The van der Waals surface area contributed by atoms with Gasteiger partial charge in [0.15, 0.2) is 0 Å². The van der Waals surface area contributed by atoms with E-state index in [1.807, 2.05) is 0 Å². The molecular formula is C14H28N2O. The van der Waals surface area contributed by atoms with Crippen LogP contribution in [0.5, 0.6) is 0 Å². The van der Waals surface area contributed by atoms with Gasteiger partial charge in [0, 0.05) is 44.9 Å². The van der Waals surface area contributed by atoms with Gasteiger partial charge in [-0.3, -0.25) is 4.90 Å². The fourth-order valence-corrected chi connectivity index (χ4v) is 2.65. The van der Waals surface area contributed by atoms with Gasteiger partial charge >= 0.3 is 0 Å². The lowest BCUT2D eigenvalue weighted by atomic mass is 10.1. The van der Waals surface area contributed by atoms with Crippen molar-refractivity contribution in [1.29, 1.82) is 0 Å². The monoisotopic (exact) mass is 240 g/mol. The van der Waals surface area contributed by atoms with Crippen LogP contribution in [0.2, 0.25) is 0 Å². The molecule has 17 heavy (non-hydrogen) atoms. The van der Waals surface area contributed by atoms with Crippen molar-refractivity contribution in [2.45, 2.75) is 51.6 Å². The molecule has 0 radical (unpaired) electrons. The minimum atomic E-state index is 0.698. The molecule has 1 aliphatic carbocycles. The van der Waals surface area contributed by atoms with Crippen LogP contribution in [0, 0.1) is 5.92 Å². The molecule has 1 aliphatic heterocycles. The number of rotatable bonds is 7. The second-order valence-corrected chi connectivity index (χ2v) is 5.96. The number of hydrogen-bond acceptors (Lipinski definition) is 3. The second-order valence-electron chi connectivity index (χ2n) is 5.96. The summed E-state index contributed by atoms with van der Waals surface area (Å²) in [5.74, 6) is 0.790. The van der Waals surface area contributed by atoms with Gasteiger partial charge in [-0.2, -0.15) is 0 Å². The molecule has 2 aliphatic rings. The summed E-state index contributed by atoms with van der Waals surface area (Å²) < 4.78 is 5.38. The Morgan fingerprint density at radius 2 is 1.88 bits per heavy atom. The van der Waals surface area contributed by atoms with Gasteiger partial charge in [-0.05, 0) is 31.6 Å². The van der Waals surface area contributed by atoms with Crippen molar-refractivity contribution in [3.05, 3.63) is 0 Å². The third-order valence-electron chi connectivity index (χ3n) is 3.72. The molecule has 0 amide bonds. The summed E-state index contributed by atoms with van der Waals surface area (Å²) in [6.07, 6.45) is 5.22. The third-order valence-corrected chi connectivity index (χ3v) is 3.72. The SMILES string of the molecule is CC(C)CN(CCNC1CCOCC1)C1CC1. The summed E-state index contributed by atoms with van der Waals surface area (Å²) in [4.78, 5) is 2.68. The van der Waals surface area contributed by atoms with Crippen LogP contribution in [-0.2, 0) is 4.74 Å². The van der Waals surface area contributed by atoms with E-state index in [1.54, 1.807) is 0 Å². The minimum Gasteiger partial charge on any atom is -0.381 e. The maximum atomic E-state index is 5.38. The molecule has 1 heterocycles. The van der Waals surface area contributed by atoms with Crippen LogP contribution in [-0.4, -0.2) is 49.8 Å². The Bertz CT molecular complexity index is 210. The van der Waals surface area contributed by atoms with E-state index in [-0.39, 0.29) is 0 Å². The van der Waals surface area contributed by atoms with E-state index in [1.165, 1.54) is 38.8 Å². The van der Waals surface area contributed by atoms with Crippen molar-refractivity contribution in [2.24, 2.45) is 5.92 Å². The quantitative estimate of drug-likeness (QED) is 0.735. The molecule has 1 saturated carbocycles. The molecule has 2 fully saturated rings. The second kappa shape index (κ2) is 6.72. The van der Waals surface area contributed by atoms with Crippen LogP contribution in [0.25, 0.3) is 0 Å². The van der Waals surface area contributed by atoms with Crippen LogP contribution < -0.4 is 5.32 Å². The Morgan fingerprint density at radius 1 is 1.18 bits per heavy atom. The van der Waals surface area contributed by atoms with Gasteiger partial charge < -0.3 is 10.1 Å². The molecule has 0 aromatic carbocycles. The molecule has 3 heteroatoms. The highest BCUT2D eigenvalue weighted by molar-refractivity contribution is 4.85. The molecule has 0 unspecified atom stereocenters. The molecule has 100 valence electrons. The fraction of sp³-hybridized carbons (Fsp3) is 1.00. The van der Waals surface area contributed by atoms with E-state index in [2.05, 4.69) is 24.1 Å². The van der Waals surface area contributed by atoms with E-state index in [0.29, 0.717) is 6.04 Å². The van der Waals surface area contributed by atoms with Gasteiger partial charge in [-0.1, -0.05) is 13.8 Å². The lowest BCUT2D eigenvalue weighted by Gasteiger charge is -2.27. The van der Waals surface area contributed by atoms with E-state index in [0.717, 1.165) is 31.7 Å². The van der Waals surface area contributed by atoms with E-state index < -0.39 is 0 Å². The van der Waals surface area contributed by atoms with Crippen molar-refractivity contribution >= 4 is 0 Å². The highest BCUT2D eigenvalue weighted by Gasteiger charge is 2.28. The van der Waals surface area contributed by atoms with Crippen molar-refractivity contribution < 1.29 is 4.74 Å². The van der Waals surface area contributed by atoms with Crippen LogP contribution in [0.1, 0.15) is 39.5 Å². The standard InChI is InChI=1S/C14H28N2O/c1-12(2)11-16(14-3-4-14)8-7-15-13-5-9-17-10-6-13/h12-15H,3-11H2,1-2H3. The Morgan fingerprint density at radius 3 is 2.47 bits per heavy atom. The first-order valence-corrected chi connectivity index (χ1v) is 7.31. The van der Waals surface area contributed by atoms with E-state index in [4.69, 9.17) is 4.74 Å². The zero-order chi connectivity index (χ0) is 12.1. The average molecular weight is 240 g/mol. The van der Waals surface area contributed by atoms with E-state index in [9.17, 15) is 0 Å². The summed E-state index contributed by atoms with van der Waals surface area (Å²) in [5.41, 5.74) is 0. The van der Waals surface area contributed by atoms with Crippen molar-refractivity contribution in [2.75, 3.05) is 32.8 Å².